The number of hydrogen-bond donors (Lipinski definition) is 1. The Morgan fingerprint density at radius 2 is 1.60 bits per heavy atom. The van der Waals surface area contributed by atoms with Gasteiger partial charge in [-0.05, 0) is 24.0 Å². The largest absolute Gasteiger partial charge is 0.388 e. The van der Waals surface area contributed by atoms with E-state index in [9.17, 15) is 5.11 Å². The standard InChI is InChI=1S/C18H33NO/c1-4-5-6-7-8-9-10-11-13-19-14-12-17(15-19)18(20)16(2)3/h12,14-16,18,20H,4-11,13H2,1-3H3. The van der Waals surface area contributed by atoms with Crippen LogP contribution < -0.4 is 0 Å². The van der Waals surface area contributed by atoms with Crippen LogP contribution in [0.25, 0.3) is 0 Å². The van der Waals surface area contributed by atoms with E-state index in [0.29, 0.717) is 0 Å². The van der Waals surface area contributed by atoms with Crippen molar-refractivity contribution in [3.05, 3.63) is 24.0 Å². The lowest BCUT2D eigenvalue weighted by Gasteiger charge is -2.12. The first kappa shape index (κ1) is 17.3. The van der Waals surface area contributed by atoms with Gasteiger partial charge in [0.1, 0.15) is 0 Å². The van der Waals surface area contributed by atoms with Gasteiger partial charge in [-0.25, -0.2) is 0 Å². The van der Waals surface area contributed by atoms with Crippen LogP contribution >= 0.6 is 0 Å². The predicted molar refractivity (Wildman–Crippen MR) is 86.8 cm³/mol. The Morgan fingerprint density at radius 3 is 2.20 bits per heavy atom. The first-order valence-electron chi connectivity index (χ1n) is 8.49. The number of aromatic nitrogens is 1. The summed E-state index contributed by atoms with van der Waals surface area (Å²) >= 11 is 0. The van der Waals surface area contributed by atoms with Crippen LogP contribution in [0.2, 0.25) is 0 Å². The lowest BCUT2D eigenvalue weighted by atomic mass is 10.0. The third-order valence-corrected chi connectivity index (χ3v) is 4.02. The summed E-state index contributed by atoms with van der Waals surface area (Å²) in [7, 11) is 0. The minimum atomic E-state index is -0.324. The van der Waals surface area contributed by atoms with Crippen LogP contribution in [0.4, 0.5) is 0 Å². The number of nitrogens with zero attached hydrogens (tertiary/aromatic N) is 1. The lowest BCUT2D eigenvalue weighted by Crippen LogP contribution is -2.04. The summed E-state index contributed by atoms with van der Waals surface area (Å²) in [6.45, 7) is 7.46. The van der Waals surface area contributed by atoms with Gasteiger partial charge >= 0.3 is 0 Å². The Hall–Kier alpha value is -0.760. The minimum Gasteiger partial charge on any atom is -0.388 e. The molecule has 2 heteroatoms. The SMILES string of the molecule is CCCCCCCCCCn1ccc(C(O)C(C)C)c1. The van der Waals surface area contributed by atoms with E-state index < -0.39 is 0 Å². The average molecular weight is 279 g/mol. The molecule has 1 atom stereocenters. The van der Waals surface area contributed by atoms with Gasteiger partial charge in [0.05, 0.1) is 6.10 Å². The van der Waals surface area contributed by atoms with E-state index in [-0.39, 0.29) is 12.0 Å². The molecular weight excluding hydrogens is 246 g/mol. The van der Waals surface area contributed by atoms with E-state index in [4.69, 9.17) is 0 Å². The van der Waals surface area contributed by atoms with Gasteiger partial charge in [0, 0.05) is 18.9 Å². The number of aliphatic hydroxyl groups excluding tert-OH is 1. The first-order chi connectivity index (χ1) is 9.65. The molecule has 20 heavy (non-hydrogen) atoms. The molecule has 0 aliphatic rings. The zero-order valence-corrected chi connectivity index (χ0v) is 13.6. The fourth-order valence-electron chi connectivity index (χ4n) is 2.59. The van der Waals surface area contributed by atoms with Crippen LogP contribution in [0.5, 0.6) is 0 Å². The van der Waals surface area contributed by atoms with Crippen molar-refractivity contribution in [2.75, 3.05) is 0 Å². The van der Waals surface area contributed by atoms with Gasteiger partial charge in [-0.3, -0.25) is 0 Å². The maximum atomic E-state index is 10.0. The second-order valence-corrected chi connectivity index (χ2v) is 6.35. The number of rotatable bonds is 11. The molecule has 0 bridgehead atoms. The van der Waals surface area contributed by atoms with E-state index in [1.165, 1.54) is 51.4 Å². The normalized spacial score (nSPS) is 13.1. The zero-order chi connectivity index (χ0) is 14.8. The molecule has 0 aliphatic carbocycles. The first-order valence-corrected chi connectivity index (χ1v) is 8.49. The molecule has 0 aromatic carbocycles. The van der Waals surface area contributed by atoms with Crippen molar-refractivity contribution in [1.82, 2.24) is 4.57 Å². The number of aliphatic hydroxyl groups is 1. The molecule has 0 spiro atoms. The van der Waals surface area contributed by atoms with Crippen LogP contribution in [-0.2, 0) is 6.54 Å². The Bertz CT molecular complexity index is 343. The monoisotopic (exact) mass is 279 g/mol. The maximum absolute atomic E-state index is 10.0. The maximum Gasteiger partial charge on any atom is 0.0827 e. The molecule has 116 valence electrons. The lowest BCUT2D eigenvalue weighted by molar-refractivity contribution is 0.127. The summed E-state index contributed by atoms with van der Waals surface area (Å²) in [5.74, 6) is 0.286. The van der Waals surface area contributed by atoms with E-state index in [0.717, 1.165) is 12.1 Å². The summed E-state index contributed by atoms with van der Waals surface area (Å²) in [4.78, 5) is 0. The zero-order valence-electron chi connectivity index (χ0n) is 13.6. The smallest absolute Gasteiger partial charge is 0.0827 e. The van der Waals surface area contributed by atoms with Crippen molar-refractivity contribution in [2.45, 2.75) is 84.8 Å². The van der Waals surface area contributed by atoms with Crippen molar-refractivity contribution in [2.24, 2.45) is 5.92 Å². The van der Waals surface area contributed by atoms with Crippen molar-refractivity contribution in [1.29, 1.82) is 0 Å². The molecule has 0 amide bonds. The van der Waals surface area contributed by atoms with Crippen LogP contribution in [-0.4, -0.2) is 9.67 Å². The molecular formula is C18H33NO. The second kappa shape index (κ2) is 10.0. The highest BCUT2D eigenvalue weighted by atomic mass is 16.3. The Morgan fingerprint density at radius 1 is 1.00 bits per heavy atom. The highest BCUT2D eigenvalue weighted by molar-refractivity contribution is 5.13. The molecule has 1 aromatic rings. The summed E-state index contributed by atoms with van der Waals surface area (Å²) < 4.78 is 2.22. The Kier molecular flexibility index (Phi) is 8.68. The molecule has 2 nitrogen and oxygen atoms in total. The van der Waals surface area contributed by atoms with Crippen LogP contribution in [0.3, 0.4) is 0 Å². The van der Waals surface area contributed by atoms with Gasteiger partial charge in [0.15, 0.2) is 0 Å². The van der Waals surface area contributed by atoms with Crippen LogP contribution in [0.15, 0.2) is 18.5 Å². The summed E-state index contributed by atoms with van der Waals surface area (Å²) in [6, 6.07) is 2.05. The van der Waals surface area contributed by atoms with E-state index in [1.54, 1.807) is 0 Å². The molecule has 0 aliphatic heterocycles. The van der Waals surface area contributed by atoms with Crippen molar-refractivity contribution < 1.29 is 5.11 Å². The van der Waals surface area contributed by atoms with Crippen molar-refractivity contribution in [3.8, 4) is 0 Å². The minimum absolute atomic E-state index is 0.286. The van der Waals surface area contributed by atoms with Gasteiger partial charge in [0.2, 0.25) is 0 Å². The molecule has 1 aromatic heterocycles. The molecule has 0 saturated heterocycles. The molecule has 1 N–H and O–H groups in total. The molecule has 0 radical (unpaired) electrons. The van der Waals surface area contributed by atoms with Gasteiger partial charge in [-0.1, -0.05) is 65.7 Å². The Balaban J connectivity index is 2.10. The van der Waals surface area contributed by atoms with Crippen molar-refractivity contribution in [3.63, 3.8) is 0 Å². The Labute approximate surface area is 125 Å². The van der Waals surface area contributed by atoms with Gasteiger partial charge in [0.25, 0.3) is 0 Å². The predicted octanol–water partition coefficient (Wildman–Crippen LogP) is 5.32. The molecule has 1 heterocycles. The van der Waals surface area contributed by atoms with Crippen LogP contribution in [0.1, 0.15) is 83.8 Å². The summed E-state index contributed by atoms with van der Waals surface area (Å²) in [5.41, 5.74) is 1.06. The topological polar surface area (TPSA) is 25.2 Å². The fraction of sp³-hybridized carbons (Fsp3) is 0.778. The van der Waals surface area contributed by atoms with E-state index >= 15 is 0 Å². The third kappa shape index (κ3) is 6.60. The van der Waals surface area contributed by atoms with Crippen LogP contribution in [0, 0.1) is 5.92 Å². The summed E-state index contributed by atoms with van der Waals surface area (Å²) in [6.07, 6.45) is 14.7. The summed E-state index contributed by atoms with van der Waals surface area (Å²) in [5, 5.41) is 10.0. The van der Waals surface area contributed by atoms with Gasteiger partial charge in [-0.2, -0.15) is 0 Å². The number of unbranched alkanes of at least 4 members (excludes halogenated alkanes) is 7. The third-order valence-electron chi connectivity index (χ3n) is 4.02. The number of hydrogen-bond acceptors (Lipinski definition) is 1. The number of aryl methyl sites for hydroxylation is 1. The average Bonchev–Trinajstić information content (AvgIpc) is 2.89. The van der Waals surface area contributed by atoms with Crippen molar-refractivity contribution >= 4 is 0 Å². The van der Waals surface area contributed by atoms with Gasteiger partial charge in [-0.15, -0.1) is 0 Å². The molecule has 1 unspecified atom stereocenters. The van der Waals surface area contributed by atoms with E-state index in [1.807, 2.05) is 0 Å². The molecule has 1 rings (SSSR count). The highest BCUT2D eigenvalue weighted by Crippen LogP contribution is 2.21. The fourth-order valence-corrected chi connectivity index (χ4v) is 2.59. The quantitative estimate of drug-likeness (QED) is 0.545. The highest BCUT2D eigenvalue weighted by Gasteiger charge is 2.12. The second-order valence-electron chi connectivity index (χ2n) is 6.35. The molecule has 0 fully saturated rings. The van der Waals surface area contributed by atoms with Gasteiger partial charge < -0.3 is 9.67 Å². The molecule has 0 saturated carbocycles. The van der Waals surface area contributed by atoms with E-state index in [2.05, 4.69) is 43.8 Å².